The maximum atomic E-state index is 11.3. The van der Waals surface area contributed by atoms with Gasteiger partial charge in [-0.05, 0) is 25.5 Å². The second kappa shape index (κ2) is 31.1. The minimum atomic E-state index is -0.521. The summed E-state index contributed by atoms with van der Waals surface area (Å²) in [6.07, 6.45) is 2.28. The maximum Gasteiger partial charge on any atom is 0.243 e. The molecular formula is C23H48N6O6S3. The van der Waals surface area contributed by atoms with Crippen molar-refractivity contribution in [3.8, 4) is 0 Å². The Balaban J connectivity index is -0.000000218. The highest BCUT2D eigenvalue weighted by Crippen LogP contribution is 1.90. The molecule has 0 radical (unpaired) electrons. The van der Waals surface area contributed by atoms with Gasteiger partial charge in [-0.2, -0.15) is 37.9 Å². The molecule has 0 aliphatic heterocycles. The molecule has 2 atom stereocenters. The van der Waals surface area contributed by atoms with Gasteiger partial charge in [0.2, 0.25) is 35.4 Å². The Kier molecular flexibility index (Phi) is 35.1. The summed E-state index contributed by atoms with van der Waals surface area (Å²) in [5.74, 6) is 0.230. The molecule has 6 amide bonds. The topological polar surface area (TPSA) is 189 Å². The van der Waals surface area contributed by atoms with Gasteiger partial charge >= 0.3 is 0 Å². The Bertz CT molecular complexity index is 634. The van der Waals surface area contributed by atoms with Crippen LogP contribution in [0.1, 0.15) is 60.8 Å². The predicted octanol–water partition coefficient (Wildman–Crippen LogP) is -0.172. The van der Waals surface area contributed by atoms with Gasteiger partial charge in [0.25, 0.3) is 0 Å². The van der Waals surface area contributed by atoms with E-state index in [1.54, 1.807) is 0 Å². The fraction of sp³-hybridized carbons (Fsp3) is 0.739. The standard InChI is InChI=1S/2C8H16N2O2S.C5H11NOS.C2H5NO/c2*1-3-4-9-8(12)7(5-13)10-6(2)11;1-2-6-5(7)3-4-8;1-2(3)4/h2*7,13H,3-5H2,1-2H3,(H,9,12)(H,10,11);8H,2-4H2,1H3,(H,6,7);1H3,(H2,3,4)/t7-;;;/m0.../s1. The number of amides is 6. The van der Waals surface area contributed by atoms with Gasteiger partial charge in [0.15, 0.2) is 0 Å². The van der Waals surface area contributed by atoms with Crippen molar-refractivity contribution in [2.75, 3.05) is 36.9 Å². The second-order valence-corrected chi connectivity index (χ2v) is 8.67. The van der Waals surface area contributed by atoms with Gasteiger partial charge in [0.1, 0.15) is 12.1 Å². The quantitative estimate of drug-likeness (QED) is 0.132. The molecule has 0 aromatic carbocycles. The first-order chi connectivity index (χ1) is 17.8. The van der Waals surface area contributed by atoms with Crippen molar-refractivity contribution in [3.63, 3.8) is 0 Å². The molecule has 38 heavy (non-hydrogen) atoms. The van der Waals surface area contributed by atoms with E-state index in [9.17, 15) is 28.8 Å². The van der Waals surface area contributed by atoms with E-state index < -0.39 is 12.1 Å². The van der Waals surface area contributed by atoms with Crippen LogP contribution in [0.3, 0.4) is 0 Å². The van der Waals surface area contributed by atoms with Gasteiger partial charge in [0.05, 0.1) is 0 Å². The Morgan fingerprint density at radius 2 is 1.03 bits per heavy atom. The number of carbonyl (C=O) groups is 6. The molecule has 0 aromatic rings. The number of nitrogens with two attached hydrogens (primary N) is 1. The molecule has 0 heterocycles. The normalized spacial score (nSPS) is 10.7. The molecule has 1 unspecified atom stereocenters. The maximum absolute atomic E-state index is 11.3. The molecule has 0 saturated carbocycles. The van der Waals surface area contributed by atoms with Crippen LogP contribution in [0.5, 0.6) is 0 Å². The molecule has 0 aromatic heterocycles. The summed E-state index contributed by atoms with van der Waals surface area (Å²) in [5.41, 5.74) is 4.47. The smallest absolute Gasteiger partial charge is 0.243 e. The highest BCUT2D eigenvalue weighted by molar-refractivity contribution is 7.80. The lowest BCUT2D eigenvalue weighted by atomic mass is 10.3. The monoisotopic (exact) mass is 600 g/mol. The van der Waals surface area contributed by atoms with Crippen LogP contribution in [0.15, 0.2) is 0 Å². The number of hydrogen-bond acceptors (Lipinski definition) is 9. The number of rotatable bonds is 13. The Labute approximate surface area is 243 Å². The van der Waals surface area contributed by atoms with Crippen LogP contribution >= 0.6 is 37.9 Å². The molecule has 0 aliphatic rings. The van der Waals surface area contributed by atoms with E-state index in [0.29, 0.717) is 43.3 Å². The van der Waals surface area contributed by atoms with E-state index in [0.717, 1.165) is 12.8 Å². The first kappa shape index (κ1) is 42.9. The number of hydrogen-bond donors (Lipinski definition) is 9. The van der Waals surface area contributed by atoms with Crippen LogP contribution in [0.25, 0.3) is 0 Å². The lowest BCUT2D eigenvalue weighted by Gasteiger charge is -2.14. The fourth-order valence-corrected chi connectivity index (χ4v) is 2.73. The van der Waals surface area contributed by atoms with Crippen molar-refractivity contribution in [1.82, 2.24) is 26.6 Å². The van der Waals surface area contributed by atoms with Crippen molar-refractivity contribution in [3.05, 3.63) is 0 Å². The first-order valence-corrected chi connectivity index (χ1v) is 14.1. The zero-order valence-electron chi connectivity index (χ0n) is 23.4. The molecule has 12 nitrogen and oxygen atoms in total. The Morgan fingerprint density at radius 1 is 0.684 bits per heavy atom. The van der Waals surface area contributed by atoms with Gasteiger partial charge in [-0.25, -0.2) is 0 Å². The molecule has 0 fully saturated rings. The summed E-state index contributed by atoms with van der Waals surface area (Å²) >= 11 is 11.8. The highest BCUT2D eigenvalue weighted by Gasteiger charge is 2.17. The second-order valence-electron chi connectivity index (χ2n) is 7.49. The van der Waals surface area contributed by atoms with Gasteiger partial charge in [-0.15, -0.1) is 0 Å². The zero-order valence-corrected chi connectivity index (χ0v) is 26.1. The average molecular weight is 601 g/mol. The summed E-state index contributed by atoms with van der Waals surface area (Å²) in [4.78, 5) is 63.6. The molecule has 224 valence electrons. The van der Waals surface area contributed by atoms with Crippen molar-refractivity contribution < 1.29 is 28.8 Å². The van der Waals surface area contributed by atoms with Crippen LogP contribution < -0.4 is 32.3 Å². The van der Waals surface area contributed by atoms with E-state index in [2.05, 4.69) is 70.2 Å². The summed E-state index contributed by atoms with van der Waals surface area (Å²) in [6, 6.07) is -1.04. The molecule has 0 spiro atoms. The third-order valence-corrected chi connectivity index (χ3v) is 4.52. The van der Waals surface area contributed by atoms with Crippen molar-refractivity contribution in [2.45, 2.75) is 72.9 Å². The lowest BCUT2D eigenvalue weighted by molar-refractivity contribution is -0.127. The van der Waals surface area contributed by atoms with Crippen molar-refractivity contribution >= 4 is 73.3 Å². The summed E-state index contributed by atoms with van der Waals surface area (Å²) in [6.45, 7) is 11.9. The largest absolute Gasteiger partial charge is 0.370 e. The number of carbonyl (C=O) groups excluding carboxylic acids is 6. The van der Waals surface area contributed by atoms with Crippen molar-refractivity contribution in [2.24, 2.45) is 5.73 Å². The van der Waals surface area contributed by atoms with Crippen LogP contribution in [0.2, 0.25) is 0 Å². The summed E-state index contributed by atoms with van der Waals surface area (Å²) in [5, 5.41) is 13.1. The van der Waals surface area contributed by atoms with Crippen LogP contribution in [0, 0.1) is 0 Å². The number of nitrogens with one attached hydrogen (secondary N) is 5. The molecular weight excluding hydrogens is 552 g/mol. The predicted molar refractivity (Wildman–Crippen MR) is 162 cm³/mol. The van der Waals surface area contributed by atoms with Crippen LogP contribution in [-0.2, 0) is 28.8 Å². The van der Waals surface area contributed by atoms with Crippen molar-refractivity contribution in [1.29, 1.82) is 0 Å². The molecule has 7 N–H and O–H groups in total. The molecule has 0 aliphatic carbocycles. The number of primary amides is 1. The Morgan fingerprint density at radius 3 is 1.24 bits per heavy atom. The van der Waals surface area contributed by atoms with Crippen LogP contribution in [0.4, 0.5) is 0 Å². The van der Waals surface area contributed by atoms with Gasteiger partial charge in [-0.1, -0.05) is 13.8 Å². The number of thiol groups is 3. The Hall–Kier alpha value is -2.13. The van der Waals surface area contributed by atoms with E-state index in [1.807, 2.05) is 20.8 Å². The van der Waals surface area contributed by atoms with E-state index >= 15 is 0 Å². The minimum absolute atomic E-state index is 0.0856. The fourth-order valence-electron chi connectivity index (χ4n) is 2.01. The minimum Gasteiger partial charge on any atom is -0.370 e. The summed E-state index contributed by atoms with van der Waals surface area (Å²) < 4.78 is 0. The third-order valence-electron chi connectivity index (χ3n) is 3.56. The molecule has 0 saturated heterocycles. The van der Waals surface area contributed by atoms with E-state index in [-0.39, 0.29) is 35.4 Å². The van der Waals surface area contributed by atoms with Gasteiger partial charge < -0.3 is 32.3 Å². The average Bonchev–Trinajstić information content (AvgIpc) is 2.83. The lowest BCUT2D eigenvalue weighted by Crippen LogP contribution is -2.47. The zero-order chi connectivity index (χ0) is 30.5. The molecule has 15 heteroatoms. The first-order valence-electron chi connectivity index (χ1n) is 12.2. The molecule has 0 bridgehead atoms. The van der Waals surface area contributed by atoms with E-state index in [1.165, 1.54) is 20.8 Å². The van der Waals surface area contributed by atoms with Gasteiger partial charge in [-0.3, -0.25) is 28.8 Å². The summed E-state index contributed by atoms with van der Waals surface area (Å²) in [7, 11) is 0. The van der Waals surface area contributed by atoms with Crippen LogP contribution in [-0.4, -0.2) is 84.4 Å². The SMILES string of the molecule is CC(N)=O.CCCNC(=O)C(CS)NC(C)=O.CCCNC(=O)[C@H](CS)NC(C)=O.CCNC(=O)CCS. The van der Waals surface area contributed by atoms with E-state index in [4.69, 9.17) is 0 Å². The third kappa shape index (κ3) is 36.0. The van der Waals surface area contributed by atoms with Gasteiger partial charge in [0, 0.05) is 58.3 Å². The molecule has 0 rings (SSSR count). The highest BCUT2D eigenvalue weighted by atomic mass is 32.1.